The molecule has 0 fully saturated rings. The lowest BCUT2D eigenvalue weighted by atomic mass is 9.97. The molecule has 0 unspecified atom stereocenters. The van der Waals surface area contributed by atoms with Crippen molar-refractivity contribution in [2.75, 3.05) is 5.32 Å². The lowest BCUT2D eigenvalue weighted by Crippen LogP contribution is -2.39. The number of nitrogens with zero attached hydrogens (tertiary/aromatic N) is 1. The minimum atomic E-state index is -4.87. The molecule has 2 rings (SSSR count). The number of hydrogen-bond donors (Lipinski definition) is 3. The van der Waals surface area contributed by atoms with Crippen molar-refractivity contribution in [3.8, 4) is 0 Å². The van der Waals surface area contributed by atoms with E-state index in [0.717, 1.165) is 12.3 Å². The van der Waals surface area contributed by atoms with Gasteiger partial charge in [0.15, 0.2) is 5.60 Å². The summed E-state index contributed by atoms with van der Waals surface area (Å²) in [4.78, 5) is 3.69. The van der Waals surface area contributed by atoms with Crippen molar-refractivity contribution in [2.45, 2.75) is 25.6 Å². The number of halogens is 4. The van der Waals surface area contributed by atoms with E-state index in [1.807, 2.05) is 0 Å². The van der Waals surface area contributed by atoms with Crippen LogP contribution in [0.4, 0.5) is 28.9 Å². The van der Waals surface area contributed by atoms with Gasteiger partial charge in [0.05, 0.1) is 23.1 Å². The fourth-order valence-corrected chi connectivity index (χ4v) is 2.10. The highest BCUT2D eigenvalue weighted by molar-refractivity contribution is 6.02. The van der Waals surface area contributed by atoms with Gasteiger partial charge in [-0.15, -0.1) is 0 Å². The Kier molecular flexibility index (Phi) is 4.61. The van der Waals surface area contributed by atoms with Crippen LogP contribution in [0.15, 0.2) is 36.7 Å². The first kappa shape index (κ1) is 17.9. The maximum atomic E-state index is 13.8. The third-order valence-electron chi connectivity index (χ3n) is 3.52. The number of nitrogens with one attached hydrogen (secondary N) is 2. The lowest BCUT2D eigenvalue weighted by Gasteiger charge is -2.26. The van der Waals surface area contributed by atoms with Crippen LogP contribution in [0.5, 0.6) is 0 Å². The molecule has 3 N–H and O–H groups in total. The number of alkyl halides is 3. The monoisotopic (exact) mass is 341 g/mol. The van der Waals surface area contributed by atoms with E-state index in [2.05, 4.69) is 10.3 Å². The number of aliphatic hydroxyl groups is 1. The number of anilines is 2. The molecule has 4 nitrogen and oxygen atoms in total. The zero-order valence-electron chi connectivity index (χ0n) is 12.9. The van der Waals surface area contributed by atoms with Gasteiger partial charge in [0.25, 0.3) is 0 Å². The molecule has 0 bridgehead atoms. The third kappa shape index (κ3) is 3.38. The van der Waals surface area contributed by atoms with Crippen molar-refractivity contribution in [1.29, 1.82) is 5.41 Å². The van der Waals surface area contributed by atoms with Gasteiger partial charge in [-0.1, -0.05) is 6.07 Å². The van der Waals surface area contributed by atoms with Gasteiger partial charge in [0.2, 0.25) is 0 Å². The summed E-state index contributed by atoms with van der Waals surface area (Å²) in [5.74, 6) is -0.626. The molecule has 0 saturated heterocycles. The van der Waals surface area contributed by atoms with Gasteiger partial charge in [-0.3, -0.25) is 4.98 Å². The largest absolute Gasteiger partial charge is 0.421 e. The number of hydrogen-bond acceptors (Lipinski definition) is 4. The van der Waals surface area contributed by atoms with Crippen LogP contribution in [0.2, 0.25) is 0 Å². The predicted molar refractivity (Wildman–Crippen MR) is 82.0 cm³/mol. The Balaban J connectivity index is 2.42. The highest BCUT2D eigenvalue weighted by atomic mass is 19.4. The number of rotatable bonds is 4. The second-order valence-corrected chi connectivity index (χ2v) is 5.44. The normalized spacial score (nSPS) is 14.1. The first-order valence-corrected chi connectivity index (χ1v) is 6.89. The molecular formula is C16H15F4N3O. The van der Waals surface area contributed by atoms with E-state index < -0.39 is 23.2 Å². The van der Waals surface area contributed by atoms with Crippen molar-refractivity contribution in [1.82, 2.24) is 4.98 Å². The molecule has 0 saturated carbocycles. The second kappa shape index (κ2) is 6.20. The van der Waals surface area contributed by atoms with E-state index in [9.17, 15) is 22.7 Å². The summed E-state index contributed by atoms with van der Waals surface area (Å²) >= 11 is 0. The summed E-state index contributed by atoms with van der Waals surface area (Å²) in [6, 6.07) is 5.16. The highest BCUT2D eigenvalue weighted by Gasteiger charge is 2.51. The maximum absolute atomic E-state index is 13.8. The van der Waals surface area contributed by atoms with Gasteiger partial charge >= 0.3 is 6.18 Å². The number of pyridine rings is 1. The minimum absolute atomic E-state index is 0.00508. The lowest BCUT2D eigenvalue weighted by molar-refractivity contribution is -0.258. The van der Waals surface area contributed by atoms with Crippen molar-refractivity contribution in [3.63, 3.8) is 0 Å². The third-order valence-corrected chi connectivity index (χ3v) is 3.52. The smallest absolute Gasteiger partial charge is 0.376 e. The quantitative estimate of drug-likeness (QED) is 0.579. The van der Waals surface area contributed by atoms with E-state index in [-0.39, 0.29) is 22.6 Å². The molecule has 1 aromatic carbocycles. The minimum Gasteiger partial charge on any atom is -0.376 e. The zero-order chi connectivity index (χ0) is 18.1. The number of aromatic nitrogens is 1. The van der Waals surface area contributed by atoms with Crippen molar-refractivity contribution in [3.05, 3.63) is 53.6 Å². The van der Waals surface area contributed by atoms with E-state index in [4.69, 9.17) is 5.41 Å². The van der Waals surface area contributed by atoms with Crippen LogP contribution in [0, 0.1) is 11.2 Å². The molecular weight excluding hydrogens is 326 g/mol. The molecule has 0 aliphatic heterocycles. The number of benzene rings is 1. The van der Waals surface area contributed by atoms with Gasteiger partial charge in [-0.05, 0) is 32.0 Å². The standard InChI is InChI=1S/C16H15F4N3O/c1-9(21)14-12(17)4-3-5-13(14)23-11-6-10(7-22-8-11)15(2,24)16(18,19)20/h3-8,21,23-24H,1-2H3/t15-/m0/s1. The summed E-state index contributed by atoms with van der Waals surface area (Å²) in [6.07, 6.45) is -2.72. The van der Waals surface area contributed by atoms with Crippen LogP contribution in [-0.4, -0.2) is 22.0 Å². The summed E-state index contributed by atoms with van der Waals surface area (Å²) in [7, 11) is 0. The molecule has 24 heavy (non-hydrogen) atoms. The van der Waals surface area contributed by atoms with E-state index in [0.29, 0.717) is 6.92 Å². The second-order valence-electron chi connectivity index (χ2n) is 5.44. The van der Waals surface area contributed by atoms with Crippen molar-refractivity contribution in [2.24, 2.45) is 0 Å². The SMILES string of the molecule is CC(=N)c1c(F)cccc1Nc1cncc([C@](C)(O)C(F)(F)F)c1. The molecule has 2 aromatic rings. The molecule has 1 heterocycles. The Bertz CT molecular complexity index is 772. The van der Waals surface area contributed by atoms with Crippen molar-refractivity contribution < 1.29 is 22.7 Å². The first-order chi connectivity index (χ1) is 11.0. The van der Waals surface area contributed by atoms with E-state index >= 15 is 0 Å². The summed E-state index contributed by atoms with van der Waals surface area (Å²) in [5.41, 5.74) is -3.21. The van der Waals surface area contributed by atoms with Gasteiger partial charge in [-0.25, -0.2) is 4.39 Å². The Labute approximate surface area is 135 Å². The van der Waals surface area contributed by atoms with Gasteiger partial charge in [0, 0.05) is 17.5 Å². The fraction of sp³-hybridized carbons (Fsp3) is 0.250. The Morgan fingerprint density at radius 2 is 1.92 bits per heavy atom. The Morgan fingerprint density at radius 3 is 2.50 bits per heavy atom. The van der Waals surface area contributed by atoms with Gasteiger partial charge in [0.1, 0.15) is 5.82 Å². The molecule has 8 heteroatoms. The summed E-state index contributed by atoms with van der Waals surface area (Å²) in [5, 5.41) is 20.1. The van der Waals surface area contributed by atoms with Crippen LogP contribution in [0.3, 0.4) is 0 Å². The van der Waals surface area contributed by atoms with Crippen LogP contribution in [0.25, 0.3) is 0 Å². The van der Waals surface area contributed by atoms with Gasteiger partial charge < -0.3 is 15.8 Å². The average molecular weight is 341 g/mol. The molecule has 0 aliphatic carbocycles. The average Bonchev–Trinajstić information content (AvgIpc) is 2.46. The Hall–Kier alpha value is -2.48. The van der Waals surface area contributed by atoms with E-state index in [1.54, 1.807) is 0 Å². The maximum Gasteiger partial charge on any atom is 0.421 e. The molecule has 0 spiro atoms. The predicted octanol–water partition coefficient (Wildman–Crippen LogP) is 4.12. The molecule has 1 atom stereocenters. The van der Waals surface area contributed by atoms with Crippen LogP contribution in [0.1, 0.15) is 25.0 Å². The van der Waals surface area contributed by atoms with Crippen molar-refractivity contribution >= 4 is 17.1 Å². The summed E-state index contributed by atoms with van der Waals surface area (Å²) < 4.78 is 52.6. The van der Waals surface area contributed by atoms with Crippen LogP contribution < -0.4 is 5.32 Å². The highest BCUT2D eigenvalue weighted by Crippen LogP contribution is 2.39. The first-order valence-electron chi connectivity index (χ1n) is 6.89. The van der Waals surface area contributed by atoms with E-state index in [1.165, 1.54) is 31.3 Å². The summed E-state index contributed by atoms with van der Waals surface area (Å²) in [6.45, 7) is 2.02. The Morgan fingerprint density at radius 1 is 1.25 bits per heavy atom. The molecule has 128 valence electrons. The van der Waals surface area contributed by atoms with Crippen LogP contribution >= 0.6 is 0 Å². The zero-order valence-corrected chi connectivity index (χ0v) is 12.9. The topological polar surface area (TPSA) is 69.0 Å². The molecule has 0 radical (unpaired) electrons. The molecule has 1 aromatic heterocycles. The fourth-order valence-electron chi connectivity index (χ4n) is 2.10. The van der Waals surface area contributed by atoms with Crippen LogP contribution in [-0.2, 0) is 5.60 Å². The molecule has 0 amide bonds. The van der Waals surface area contributed by atoms with Gasteiger partial charge in [-0.2, -0.15) is 13.2 Å². The molecule has 0 aliphatic rings.